The fourth-order valence-electron chi connectivity index (χ4n) is 2.53. The summed E-state index contributed by atoms with van der Waals surface area (Å²) in [5, 5.41) is 3.24. The standard InChI is InChI=1S/C14H22N2O2.ClH/c1-4-12-10(2)8-13(18-12)14(17)16-7-5-6-11(9-16)15-3;/h8,11,15H,4-7,9H2,1-3H3;1H. The number of likely N-dealkylation sites (N-methyl/N-ethyl adjacent to an activating group) is 1. The van der Waals surface area contributed by atoms with Gasteiger partial charge in [-0.25, -0.2) is 0 Å². The van der Waals surface area contributed by atoms with Gasteiger partial charge in [0.15, 0.2) is 5.76 Å². The number of piperidine rings is 1. The van der Waals surface area contributed by atoms with Crippen LogP contribution >= 0.6 is 12.4 Å². The van der Waals surface area contributed by atoms with Crippen LogP contribution in [-0.4, -0.2) is 37.0 Å². The third kappa shape index (κ3) is 3.51. The molecule has 1 aromatic heterocycles. The molecular formula is C14H23ClN2O2. The molecule has 1 atom stereocenters. The first-order valence-corrected chi connectivity index (χ1v) is 6.71. The Morgan fingerprint density at radius 3 is 2.89 bits per heavy atom. The van der Waals surface area contributed by atoms with Crippen LogP contribution in [0.2, 0.25) is 0 Å². The lowest BCUT2D eigenvalue weighted by molar-refractivity contribution is 0.0664. The predicted octanol–water partition coefficient (Wildman–Crippen LogP) is 2.40. The van der Waals surface area contributed by atoms with Gasteiger partial charge in [-0.15, -0.1) is 12.4 Å². The molecule has 2 heterocycles. The van der Waals surface area contributed by atoms with Crippen LogP contribution in [0, 0.1) is 6.92 Å². The number of hydrogen-bond donors (Lipinski definition) is 1. The maximum atomic E-state index is 12.3. The first-order chi connectivity index (χ1) is 8.65. The highest BCUT2D eigenvalue weighted by molar-refractivity contribution is 5.92. The van der Waals surface area contributed by atoms with Gasteiger partial charge in [0.25, 0.3) is 5.91 Å². The Morgan fingerprint density at radius 2 is 2.32 bits per heavy atom. The summed E-state index contributed by atoms with van der Waals surface area (Å²) in [6.07, 6.45) is 3.02. The van der Waals surface area contributed by atoms with Crippen molar-refractivity contribution in [1.82, 2.24) is 10.2 Å². The molecule has 0 spiro atoms. The number of hydrogen-bond acceptors (Lipinski definition) is 3. The summed E-state index contributed by atoms with van der Waals surface area (Å²) in [7, 11) is 1.95. The van der Waals surface area contributed by atoms with Gasteiger partial charge in [0.1, 0.15) is 5.76 Å². The lowest BCUT2D eigenvalue weighted by atomic mass is 10.1. The zero-order chi connectivity index (χ0) is 13.1. The van der Waals surface area contributed by atoms with Crippen molar-refractivity contribution in [1.29, 1.82) is 0 Å². The molecule has 1 saturated heterocycles. The molecule has 1 aliphatic heterocycles. The van der Waals surface area contributed by atoms with E-state index < -0.39 is 0 Å². The number of nitrogens with zero attached hydrogens (tertiary/aromatic N) is 1. The van der Waals surface area contributed by atoms with Gasteiger partial charge in [0, 0.05) is 25.6 Å². The fraction of sp³-hybridized carbons (Fsp3) is 0.643. The van der Waals surface area contributed by atoms with Crippen LogP contribution in [0.25, 0.3) is 0 Å². The number of halogens is 1. The van der Waals surface area contributed by atoms with E-state index in [-0.39, 0.29) is 18.3 Å². The highest BCUT2D eigenvalue weighted by Gasteiger charge is 2.25. The number of likely N-dealkylation sites (tertiary alicyclic amines) is 1. The largest absolute Gasteiger partial charge is 0.456 e. The molecule has 1 amide bonds. The average Bonchev–Trinajstić information content (AvgIpc) is 2.79. The van der Waals surface area contributed by atoms with E-state index in [4.69, 9.17) is 4.42 Å². The summed E-state index contributed by atoms with van der Waals surface area (Å²) in [6.45, 7) is 5.64. The molecule has 108 valence electrons. The second-order valence-corrected chi connectivity index (χ2v) is 4.95. The van der Waals surface area contributed by atoms with Gasteiger partial charge >= 0.3 is 0 Å². The molecule has 0 aliphatic carbocycles. The number of carbonyl (C=O) groups excluding carboxylic acids is 1. The van der Waals surface area contributed by atoms with Crippen LogP contribution in [-0.2, 0) is 6.42 Å². The molecule has 1 aromatic rings. The van der Waals surface area contributed by atoms with Crippen LogP contribution in [0.3, 0.4) is 0 Å². The smallest absolute Gasteiger partial charge is 0.289 e. The molecule has 0 saturated carbocycles. The van der Waals surface area contributed by atoms with E-state index in [0.29, 0.717) is 11.8 Å². The number of amides is 1. The molecule has 5 heteroatoms. The molecule has 4 nitrogen and oxygen atoms in total. The summed E-state index contributed by atoms with van der Waals surface area (Å²) in [5.74, 6) is 1.43. The van der Waals surface area contributed by atoms with Gasteiger partial charge in [-0.05, 0) is 38.4 Å². The number of carbonyl (C=O) groups is 1. The maximum absolute atomic E-state index is 12.3. The summed E-state index contributed by atoms with van der Waals surface area (Å²) in [4.78, 5) is 14.2. The monoisotopic (exact) mass is 286 g/mol. The molecule has 0 radical (unpaired) electrons. The van der Waals surface area contributed by atoms with Gasteiger partial charge in [-0.2, -0.15) is 0 Å². The Hall–Kier alpha value is -1.00. The average molecular weight is 287 g/mol. The van der Waals surface area contributed by atoms with Crippen molar-refractivity contribution in [2.45, 2.75) is 39.2 Å². The van der Waals surface area contributed by atoms with E-state index in [1.165, 1.54) is 0 Å². The van der Waals surface area contributed by atoms with Crippen molar-refractivity contribution >= 4 is 18.3 Å². The highest BCUT2D eigenvalue weighted by atomic mass is 35.5. The van der Waals surface area contributed by atoms with Crippen molar-refractivity contribution in [3.8, 4) is 0 Å². The molecule has 0 aromatic carbocycles. The summed E-state index contributed by atoms with van der Waals surface area (Å²) in [6, 6.07) is 2.27. The van der Waals surface area contributed by atoms with Crippen LogP contribution in [0.15, 0.2) is 10.5 Å². The second kappa shape index (κ2) is 6.96. The number of aryl methyl sites for hydroxylation is 2. The predicted molar refractivity (Wildman–Crippen MR) is 78.1 cm³/mol. The number of nitrogens with one attached hydrogen (secondary N) is 1. The minimum absolute atomic E-state index is 0. The third-order valence-corrected chi connectivity index (χ3v) is 3.67. The van der Waals surface area contributed by atoms with Crippen LogP contribution in [0.4, 0.5) is 0 Å². The van der Waals surface area contributed by atoms with Gasteiger partial charge in [0.2, 0.25) is 0 Å². The molecule has 1 aliphatic rings. The molecule has 1 unspecified atom stereocenters. The van der Waals surface area contributed by atoms with E-state index >= 15 is 0 Å². The Labute approximate surface area is 120 Å². The zero-order valence-electron chi connectivity index (χ0n) is 11.9. The van der Waals surface area contributed by atoms with Crippen molar-refractivity contribution in [2.75, 3.05) is 20.1 Å². The Balaban J connectivity index is 0.00000180. The third-order valence-electron chi connectivity index (χ3n) is 3.67. The summed E-state index contributed by atoms with van der Waals surface area (Å²) in [5.41, 5.74) is 1.07. The highest BCUT2D eigenvalue weighted by Crippen LogP contribution is 2.19. The Kier molecular flexibility index (Phi) is 5.88. The van der Waals surface area contributed by atoms with Crippen LogP contribution < -0.4 is 5.32 Å². The first-order valence-electron chi connectivity index (χ1n) is 6.71. The summed E-state index contributed by atoms with van der Waals surface area (Å²) < 4.78 is 5.64. The van der Waals surface area contributed by atoms with E-state index in [2.05, 4.69) is 5.32 Å². The SMILES string of the molecule is CCc1oc(C(=O)N2CCCC(NC)C2)cc1C.Cl. The van der Waals surface area contributed by atoms with Crippen molar-refractivity contribution < 1.29 is 9.21 Å². The lowest BCUT2D eigenvalue weighted by Gasteiger charge is -2.31. The van der Waals surface area contributed by atoms with Gasteiger partial charge in [0.05, 0.1) is 0 Å². The Morgan fingerprint density at radius 1 is 1.58 bits per heavy atom. The molecule has 0 bridgehead atoms. The molecule has 2 rings (SSSR count). The zero-order valence-corrected chi connectivity index (χ0v) is 12.7. The van der Waals surface area contributed by atoms with E-state index in [0.717, 1.165) is 43.7 Å². The number of rotatable bonds is 3. The minimum Gasteiger partial charge on any atom is -0.456 e. The molecule has 19 heavy (non-hydrogen) atoms. The molecular weight excluding hydrogens is 264 g/mol. The van der Waals surface area contributed by atoms with Gasteiger partial charge in [-0.3, -0.25) is 4.79 Å². The van der Waals surface area contributed by atoms with Gasteiger partial charge in [-0.1, -0.05) is 6.92 Å². The summed E-state index contributed by atoms with van der Waals surface area (Å²) >= 11 is 0. The molecule has 1 N–H and O–H groups in total. The van der Waals surface area contributed by atoms with E-state index in [1.54, 1.807) is 0 Å². The quantitative estimate of drug-likeness (QED) is 0.928. The Bertz CT molecular complexity index is 431. The minimum atomic E-state index is 0. The van der Waals surface area contributed by atoms with Crippen molar-refractivity contribution in [3.05, 3.63) is 23.2 Å². The number of furan rings is 1. The van der Waals surface area contributed by atoms with E-state index in [1.807, 2.05) is 31.9 Å². The normalized spacial score (nSPS) is 19.1. The fourth-order valence-corrected chi connectivity index (χ4v) is 2.53. The van der Waals surface area contributed by atoms with Crippen molar-refractivity contribution in [2.24, 2.45) is 0 Å². The lowest BCUT2D eigenvalue weighted by Crippen LogP contribution is -2.46. The maximum Gasteiger partial charge on any atom is 0.289 e. The topological polar surface area (TPSA) is 45.5 Å². The van der Waals surface area contributed by atoms with Crippen LogP contribution in [0.1, 0.15) is 41.6 Å². The first kappa shape index (κ1) is 16.1. The van der Waals surface area contributed by atoms with Gasteiger partial charge < -0.3 is 14.6 Å². The van der Waals surface area contributed by atoms with E-state index in [9.17, 15) is 4.79 Å². The van der Waals surface area contributed by atoms with Crippen LogP contribution in [0.5, 0.6) is 0 Å². The second-order valence-electron chi connectivity index (χ2n) is 4.95. The van der Waals surface area contributed by atoms with Crippen molar-refractivity contribution in [3.63, 3.8) is 0 Å². The molecule has 1 fully saturated rings.